The number of carbonyl (C=O) groups is 1. The van der Waals surface area contributed by atoms with E-state index in [9.17, 15) is 35.5 Å². The molecule has 0 aliphatic heterocycles. The van der Waals surface area contributed by atoms with E-state index in [1.54, 1.807) is 0 Å². The van der Waals surface area contributed by atoms with Crippen molar-refractivity contribution in [3.8, 4) is 0 Å². The summed E-state index contributed by atoms with van der Waals surface area (Å²) < 4.78 is 89.9. The summed E-state index contributed by atoms with van der Waals surface area (Å²) in [5.74, 6) is -15.3. The highest BCUT2D eigenvalue weighted by atomic mass is 19.4. The molecule has 0 unspecified atom stereocenters. The summed E-state index contributed by atoms with van der Waals surface area (Å²) in [6.07, 6.45) is -2.33. The van der Waals surface area contributed by atoms with Crippen molar-refractivity contribution in [3.05, 3.63) is 0 Å². The van der Waals surface area contributed by atoms with Crippen molar-refractivity contribution < 1.29 is 40.3 Å². The Morgan fingerprint density at radius 1 is 0.857 bits per heavy atom. The maximum absolute atomic E-state index is 12.8. The molecule has 126 valence electrons. The second-order valence-corrected chi connectivity index (χ2v) is 4.55. The average Bonchev–Trinajstić information content (AvgIpc) is 2.35. The Kier molecular flexibility index (Phi) is 7.46. The molecule has 0 rings (SSSR count). The van der Waals surface area contributed by atoms with Gasteiger partial charge in [0.2, 0.25) is 0 Å². The number of hydrogen-bond donors (Lipinski definition) is 0. The van der Waals surface area contributed by atoms with Gasteiger partial charge < -0.3 is 4.74 Å². The zero-order chi connectivity index (χ0) is 16.7. The monoisotopic (exact) mass is 326 g/mol. The third kappa shape index (κ3) is 5.35. The van der Waals surface area contributed by atoms with Crippen LogP contribution in [0.15, 0.2) is 0 Å². The predicted octanol–water partition coefficient (Wildman–Crippen LogP) is 4.72. The molecular formula is C12H17F7O2. The molecule has 21 heavy (non-hydrogen) atoms. The fourth-order valence-electron chi connectivity index (χ4n) is 1.44. The van der Waals surface area contributed by atoms with Gasteiger partial charge in [-0.25, -0.2) is 4.79 Å². The zero-order valence-corrected chi connectivity index (χ0v) is 11.4. The number of rotatable bonds is 9. The van der Waals surface area contributed by atoms with E-state index in [1.165, 1.54) is 0 Å². The van der Waals surface area contributed by atoms with E-state index in [1.807, 2.05) is 6.92 Å². The fourth-order valence-corrected chi connectivity index (χ4v) is 1.44. The molecule has 0 saturated carbocycles. The van der Waals surface area contributed by atoms with Gasteiger partial charge in [0.25, 0.3) is 0 Å². The summed E-state index contributed by atoms with van der Waals surface area (Å²) >= 11 is 0. The SMILES string of the molecule is CCCCCCCCOC(=O)C(F)(F)C(F)(F)C(F)(F)F. The summed E-state index contributed by atoms with van der Waals surface area (Å²) in [7, 11) is 0. The van der Waals surface area contributed by atoms with Gasteiger partial charge in [0.05, 0.1) is 6.61 Å². The molecule has 0 radical (unpaired) electrons. The Morgan fingerprint density at radius 3 is 1.81 bits per heavy atom. The third-order valence-electron chi connectivity index (χ3n) is 2.74. The van der Waals surface area contributed by atoms with Crippen LogP contribution >= 0.6 is 0 Å². The quantitative estimate of drug-likeness (QED) is 0.348. The minimum absolute atomic E-state index is 0.128. The molecule has 0 bridgehead atoms. The van der Waals surface area contributed by atoms with Crippen LogP contribution in [-0.2, 0) is 9.53 Å². The van der Waals surface area contributed by atoms with Crippen molar-refractivity contribution in [1.82, 2.24) is 0 Å². The van der Waals surface area contributed by atoms with Crippen molar-refractivity contribution in [2.24, 2.45) is 0 Å². The van der Waals surface area contributed by atoms with Crippen LogP contribution in [0.25, 0.3) is 0 Å². The third-order valence-corrected chi connectivity index (χ3v) is 2.74. The molecule has 0 aromatic rings. The fraction of sp³-hybridized carbons (Fsp3) is 0.917. The highest BCUT2D eigenvalue weighted by Crippen LogP contribution is 2.46. The van der Waals surface area contributed by atoms with Crippen LogP contribution in [0.3, 0.4) is 0 Å². The second kappa shape index (κ2) is 7.84. The zero-order valence-electron chi connectivity index (χ0n) is 11.4. The molecule has 0 amide bonds. The first-order valence-corrected chi connectivity index (χ1v) is 6.48. The minimum Gasteiger partial charge on any atom is -0.461 e. The minimum atomic E-state index is -6.53. The summed E-state index contributed by atoms with van der Waals surface area (Å²) in [6, 6.07) is 0. The molecular weight excluding hydrogens is 309 g/mol. The van der Waals surface area contributed by atoms with E-state index in [0.29, 0.717) is 6.42 Å². The molecule has 0 atom stereocenters. The van der Waals surface area contributed by atoms with Crippen LogP contribution < -0.4 is 0 Å². The first-order chi connectivity index (χ1) is 9.48. The van der Waals surface area contributed by atoms with Gasteiger partial charge in [-0.2, -0.15) is 30.7 Å². The Morgan fingerprint density at radius 2 is 1.33 bits per heavy atom. The number of esters is 1. The molecule has 9 heteroatoms. The number of ether oxygens (including phenoxy) is 1. The van der Waals surface area contributed by atoms with Crippen LogP contribution in [-0.4, -0.2) is 30.6 Å². The van der Waals surface area contributed by atoms with Crippen LogP contribution in [0.2, 0.25) is 0 Å². The molecule has 0 saturated heterocycles. The number of alkyl halides is 7. The maximum Gasteiger partial charge on any atom is 0.460 e. The smallest absolute Gasteiger partial charge is 0.460 e. The average molecular weight is 326 g/mol. The van der Waals surface area contributed by atoms with Gasteiger partial charge in [-0.15, -0.1) is 0 Å². The first kappa shape index (κ1) is 20.0. The lowest BCUT2D eigenvalue weighted by molar-refractivity contribution is -0.348. The van der Waals surface area contributed by atoms with Gasteiger partial charge in [-0.3, -0.25) is 0 Å². The summed E-state index contributed by atoms with van der Waals surface area (Å²) in [4.78, 5) is 10.7. The molecule has 0 heterocycles. The van der Waals surface area contributed by atoms with Gasteiger partial charge in [0.15, 0.2) is 0 Å². The molecule has 0 spiro atoms. The molecule has 0 N–H and O–H groups in total. The van der Waals surface area contributed by atoms with E-state index in [-0.39, 0.29) is 6.42 Å². The molecule has 0 aromatic heterocycles. The van der Waals surface area contributed by atoms with Gasteiger partial charge in [0.1, 0.15) is 0 Å². The topological polar surface area (TPSA) is 26.3 Å². The molecule has 0 aromatic carbocycles. The normalized spacial score (nSPS) is 13.3. The molecule has 0 aliphatic rings. The Labute approximate surface area is 117 Å². The van der Waals surface area contributed by atoms with Crippen molar-refractivity contribution >= 4 is 5.97 Å². The van der Waals surface area contributed by atoms with E-state index in [4.69, 9.17) is 0 Å². The summed E-state index contributed by atoms with van der Waals surface area (Å²) in [5.41, 5.74) is 0. The van der Waals surface area contributed by atoms with Gasteiger partial charge >= 0.3 is 24.0 Å². The van der Waals surface area contributed by atoms with Crippen molar-refractivity contribution in [2.45, 2.75) is 63.5 Å². The van der Waals surface area contributed by atoms with E-state index in [0.717, 1.165) is 25.7 Å². The Balaban J connectivity index is 4.27. The standard InChI is InChI=1S/C12H17F7O2/c1-2-3-4-5-6-7-8-21-9(20)10(13,14)11(15,16)12(17,18)19/h2-8H2,1H3. The molecule has 2 nitrogen and oxygen atoms in total. The number of halogens is 7. The summed E-state index contributed by atoms with van der Waals surface area (Å²) in [6.45, 7) is 1.36. The molecule has 0 aliphatic carbocycles. The number of hydrogen-bond acceptors (Lipinski definition) is 2. The highest BCUT2D eigenvalue weighted by Gasteiger charge is 2.77. The lowest BCUT2D eigenvalue weighted by Gasteiger charge is -2.26. The molecule has 0 fully saturated rings. The van der Waals surface area contributed by atoms with Crippen molar-refractivity contribution in [2.75, 3.05) is 6.61 Å². The van der Waals surface area contributed by atoms with Gasteiger partial charge in [0, 0.05) is 0 Å². The van der Waals surface area contributed by atoms with E-state index >= 15 is 0 Å². The van der Waals surface area contributed by atoms with Crippen LogP contribution in [0.1, 0.15) is 45.4 Å². The van der Waals surface area contributed by atoms with Crippen molar-refractivity contribution in [3.63, 3.8) is 0 Å². The van der Waals surface area contributed by atoms with Crippen LogP contribution in [0, 0.1) is 0 Å². The second-order valence-electron chi connectivity index (χ2n) is 4.55. The van der Waals surface area contributed by atoms with Crippen molar-refractivity contribution in [1.29, 1.82) is 0 Å². The van der Waals surface area contributed by atoms with E-state index in [2.05, 4.69) is 4.74 Å². The maximum atomic E-state index is 12.8. The highest BCUT2D eigenvalue weighted by molar-refractivity contribution is 5.79. The predicted molar refractivity (Wildman–Crippen MR) is 60.3 cm³/mol. The van der Waals surface area contributed by atoms with Gasteiger partial charge in [-0.05, 0) is 6.42 Å². The lowest BCUT2D eigenvalue weighted by Crippen LogP contribution is -2.56. The Bertz CT molecular complexity index is 326. The van der Waals surface area contributed by atoms with Crippen LogP contribution in [0.5, 0.6) is 0 Å². The number of unbranched alkanes of at least 4 members (excludes halogenated alkanes) is 5. The van der Waals surface area contributed by atoms with Gasteiger partial charge in [-0.1, -0.05) is 39.0 Å². The van der Waals surface area contributed by atoms with E-state index < -0.39 is 30.6 Å². The Hall–Kier alpha value is -1.02. The lowest BCUT2D eigenvalue weighted by atomic mass is 10.1. The largest absolute Gasteiger partial charge is 0.461 e. The first-order valence-electron chi connectivity index (χ1n) is 6.48. The number of carbonyl (C=O) groups excluding carboxylic acids is 1. The van der Waals surface area contributed by atoms with Crippen LogP contribution in [0.4, 0.5) is 30.7 Å². The summed E-state index contributed by atoms with van der Waals surface area (Å²) in [5, 5.41) is 0.